The number of alkyl halides is 3. The van der Waals surface area contributed by atoms with Gasteiger partial charge in [-0.2, -0.15) is 13.2 Å². The highest BCUT2D eigenvalue weighted by Crippen LogP contribution is 2.39. The zero-order valence-electron chi connectivity index (χ0n) is 11.8. The molecule has 0 saturated heterocycles. The number of halogens is 3. The van der Waals surface area contributed by atoms with Crippen LogP contribution in [-0.2, 0) is 6.18 Å². The standard InChI is InChI=1S/C15H20F3NO/c1-14(2)7-5-10(6-8-14)20-11-3-4-13(19)12(9-11)15(16,17)18/h3-4,9-10H,5-8,19H2,1-2H3. The van der Waals surface area contributed by atoms with Gasteiger partial charge in [-0.15, -0.1) is 0 Å². The van der Waals surface area contributed by atoms with Crippen LogP contribution >= 0.6 is 0 Å². The first-order chi connectivity index (χ1) is 9.17. The number of rotatable bonds is 2. The molecule has 1 aliphatic rings. The maximum atomic E-state index is 12.8. The predicted molar refractivity (Wildman–Crippen MR) is 72.5 cm³/mol. The second-order valence-electron chi connectivity index (χ2n) is 6.23. The summed E-state index contributed by atoms with van der Waals surface area (Å²) < 4.78 is 44.0. The van der Waals surface area contributed by atoms with Crippen molar-refractivity contribution in [2.75, 3.05) is 5.73 Å². The van der Waals surface area contributed by atoms with E-state index in [1.807, 2.05) is 0 Å². The van der Waals surface area contributed by atoms with Crippen LogP contribution in [0.5, 0.6) is 5.75 Å². The van der Waals surface area contributed by atoms with Crippen LogP contribution in [0.4, 0.5) is 18.9 Å². The fraction of sp³-hybridized carbons (Fsp3) is 0.600. The second kappa shape index (κ2) is 5.19. The van der Waals surface area contributed by atoms with Crippen LogP contribution in [0.15, 0.2) is 18.2 Å². The van der Waals surface area contributed by atoms with Crippen LogP contribution in [0.2, 0.25) is 0 Å². The number of hydrogen-bond acceptors (Lipinski definition) is 2. The van der Waals surface area contributed by atoms with Gasteiger partial charge in [0, 0.05) is 5.69 Å². The molecule has 0 aromatic heterocycles. The van der Waals surface area contributed by atoms with Gasteiger partial charge in [0.2, 0.25) is 0 Å². The largest absolute Gasteiger partial charge is 0.490 e. The number of ether oxygens (including phenoxy) is 1. The van der Waals surface area contributed by atoms with Gasteiger partial charge in [-0.1, -0.05) is 13.8 Å². The van der Waals surface area contributed by atoms with Gasteiger partial charge in [0.25, 0.3) is 0 Å². The van der Waals surface area contributed by atoms with Gasteiger partial charge in [-0.25, -0.2) is 0 Å². The fourth-order valence-corrected chi connectivity index (χ4v) is 2.54. The first kappa shape index (κ1) is 15.0. The molecule has 5 heteroatoms. The number of nitrogens with two attached hydrogens (primary N) is 1. The smallest absolute Gasteiger partial charge is 0.418 e. The van der Waals surface area contributed by atoms with E-state index in [-0.39, 0.29) is 17.5 Å². The van der Waals surface area contributed by atoms with E-state index in [9.17, 15) is 13.2 Å². The van der Waals surface area contributed by atoms with E-state index in [4.69, 9.17) is 10.5 Å². The maximum Gasteiger partial charge on any atom is 0.418 e. The minimum Gasteiger partial charge on any atom is -0.490 e. The van der Waals surface area contributed by atoms with Crippen molar-refractivity contribution in [3.8, 4) is 5.75 Å². The molecule has 2 rings (SSSR count). The van der Waals surface area contributed by atoms with E-state index in [2.05, 4.69) is 13.8 Å². The molecular weight excluding hydrogens is 267 g/mol. The molecule has 2 N–H and O–H groups in total. The monoisotopic (exact) mass is 287 g/mol. The Balaban J connectivity index is 2.08. The summed E-state index contributed by atoms with van der Waals surface area (Å²) in [5.74, 6) is 0.247. The lowest BCUT2D eigenvalue weighted by Crippen LogP contribution is -2.28. The minimum absolute atomic E-state index is 0.00673. The van der Waals surface area contributed by atoms with E-state index in [0.717, 1.165) is 31.7 Å². The van der Waals surface area contributed by atoms with Crippen LogP contribution in [-0.4, -0.2) is 6.10 Å². The molecule has 2 nitrogen and oxygen atoms in total. The van der Waals surface area contributed by atoms with Crippen molar-refractivity contribution in [1.82, 2.24) is 0 Å². The Morgan fingerprint density at radius 3 is 2.35 bits per heavy atom. The molecule has 1 aliphatic carbocycles. The first-order valence-corrected chi connectivity index (χ1v) is 6.81. The zero-order chi connectivity index (χ0) is 15.0. The van der Waals surface area contributed by atoms with Crippen molar-refractivity contribution in [3.05, 3.63) is 23.8 Å². The van der Waals surface area contributed by atoms with E-state index in [1.54, 1.807) is 0 Å². The second-order valence-corrected chi connectivity index (χ2v) is 6.23. The molecule has 0 heterocycles. The Bertz CT molecular complexity index is 472. The molecule has 0 unspecified atom stereocenters. The molecule has 1 aromatic rings. The molecule has 1 fully saturated rings. The average molecular weight is 287 g/mol. The van der Waals surface area contributed by atoms with E-state index in [1.165, 1.54) is 12.1 Å². The summed E-state index contributed by atoms with van der Waals surface area (Å²) >= 11 is 0. The third kappa shape index (κ3) is 3.58. The molecule has 0 atom stereocenters. The van der Waals surface area contributed by atoms with Gasteiger partial charge in [0.05, 0.1) is 11.7 Å². The fourth-order valence-electron chi connectivity index (χ4n) is 2.54. The molecule has 0 radical (unpaired) electrons. The van der Waals surface area contributed by atoms with Crippen LogP contribution in [0.1, 0.15) is 45.1 Å². The molecule has 112 valence electrons. The summed E-state index contributed by atoms with van der Waals surface area (Å²) in [5.41, 5.74) is 4.58. The Kier molecular flexibility index (Phi) is 3.89. The highest BCUT2D eigenvalue weighted by molar-refractivity contribution is 5.52. The van der Waals surface area contributed by atoms with Gasteiger partial charge < -0.3 is 10.5 Å². The number of anilines is 1. The summed E-state index contributed by atoms with van der Waals surface area (Å²) in [7, 11) is 0. The van der Waals surface area contributed by atoms with Crippen LogP contribution < -0.4 is 10.5 Å². The molecule has 0 aliphatic heterocycles. The van der Waals surface area contributed by atoms with E-state index in [0.29, 0.717) is 5.41 Å². The highest BCUT2D eigenvalue weighted by Gasteiger charge is 2.34. The van der Waals surface area contributed by atoms with E-state index >= 15 is 0 Å². The summed E-state index contributed by atoms with van der Waals surface area (Å²) in [6.45, 7) is 4.41. The van der Waals surface area contributed by atoms with Gasteiger partial charge in [-0.3, -0.25) is 0 Å². The van der Waals surface area contributed by atoms with Crippen LogP contribution in [0.25, 0.3) is 0 Å². The third-order valence-corrected chi connectivity index (χ3v) is 3.92. The van der Waals surface area contributed by atoms with Gasteiger partial charge >= 0.3 is 6.18 Å². The summed E-state index contributed by atoms with van der Waals surface area (Å²) in [6, 6.07) is 3.75. The summed E-state index contributed by atoms with van der Waals surface area (Å²) in [5, 5.41) is 0. The number of benzene rings is 1. The van der Waals surface area contributed by atoms with Gasteiger partial charge in [-0.05, 0) is 49.3 Å². The molecule has 0 spiro atoms. The van der Waals surface area contributed by atoms with Crippen molar-refractivity contribution in [2.45, 2.75) is 51.8 Å². The summed E-state index contributed by atoms with van der Waals surface area (Å²) in [4.78, 5) is 0. The molecule has 1 saturated carbocycles. The van der Waals surface area contributed by atoms with Crippen molar-refractivity contribution >= 4 is 5.69 Å². The van der Waals surface area contributed by atoms with Crippen molar-refractivity contribution < 1.29 is 17.9 Å². The quantitative estimate of drug-likeness (QED) is 0.804. The van der Waals surface area contributed by atoms with Crippen molar-refractivity contribution in [3.63, 3.8) is 0 Å². The topological polar surface area (TPSA) is 35.2 Å². The Morgan fingerprint density at radius 2 is 1.80 bits per heavy atom. The lowest BCUT2D eigenvalue weighted by molar-refractivity contribution is -0.137. The Hall–Kier alpha value is -1.39. The average Bonchev–Trinajstić information content (AvgIpc) is 2.33. The van der Waals surface area contributed by atoms with Crippen molar-refractivity contribution in [2.24, 2.45) is 5.41 Å². The predicted octanol–water partition coefficient (Wildman–Crippen LogP) is 4.64. The van der Waals surface area contributed by atoms with Gasteiger partial charge in [0.15, 0.2) is 0 Å². The zero-order valence-corrected chi connectivity index (χ0v) is 11.8. The third-order valence-electron chi connectivity index (χ3n) is 3.92. The normalized spacial score (nSPS) is 19.9. The number of nitrogen functional groups attached to an aromatic ring is 1. The minimum atomic E-state index is -4.45. The van der Waals surface area contributed by atoms with E-state index < -0.39 is 11.7 Å². The molecular formula is C15H20F3NO. The number of hydrogen-bond donors (Lipinski definition) is 1. The van der Waals surface area contributed by atoms with Gasteiger partial charge in [0.1, 0.15) is 5.75 Å². The van der Waals surface area contributed by atoms with Crippen molar-refractivity contribution in [1.29, 1.82) is 0 Å². The summed E-state index contributed by atoms with van der Waals surface area (Å²) in [6.07, 6.45) is -0.653. The lowest BCUT2D eigenvalue weighted by atomic mass is 9.76. The van der Waals surface area contributed by atoms with Crippen LogP contribution in [0, 0.1) is 5.41 Å². The molecule has 0 amide bonds. The molecule has 0 bridgehead atoms. The maximum absolute atomic E-state index is 12.8. The SMILES string of the molecule is CC1(C)CCC(Oc2ccc(N)c(C(F)(F)F)c2)CC1. The molecule has 20 heavy (non-hydrogen) atoms. The lowest BCUT2D eigenvalue weighted by Gasteiger charge is -2.34. The molecule has 1 aromatic carbocycles. The Morgan fingerprint density at radius 1 is 1.20 bits per heavy atom. The highest BCUT2D eigenvalue weighted by atomic mass is 19.4. The van der Waals surface area contributed by atoms with Crippen LogP contribution in [0.3, 0.4) is 0 Å². The first-order valence-electron chi connectivity index (χ1n) is 6.81. The Labute approximate surface area is 117 Å².